The molecule has 0 atom stereocenters. The Hall–Kier alpha value is -0.820. The minimum Gasteiger partial charge on any atom is -0.305 e. The fourth-order valence-electron chi connectivity index (χ4n) is 1.73. The Labute approximate surface area is 87.7 Å². The van der Waals surface area contributed by atoms with Crippen molar-refractivity contribution in [2.24, 2.45) is 0 Å². The van der Waals surface area contributed by atoms with Crippen LogP contribution in [0.2, 0.25) is 0 Å². The van der Waals surface area contributed by atoms with Crippen molar-refractivity contribution in [1.82, 2.24) is 4.90 Å². The van der Waals surface area contributed by atoms with Crippen LogP contribution in [0.1, 0.15) is 30.0 Å². The maximum absolute atomic E-state index is 2.35. The average Bonchev–Trinajstić information content (AvgIpc) is 2.10. The van der Waals surface area contributed by atoms with Crippen LogP contribution in [-0.4, -0.2) is 19.0 Å². The number of hydrogen-bond donors (Lipinski definition) is 0. The number of benzene rings is 1. The topological polar surface area (TPSA) is 3.24 Å². The summed E-state index contributed by atoms with van der Waals surface area (Å²) in [5, 5.41) is 0. The normalized spacial score (nSPS) is 10.9. The number of hydrogen-bond acceptors (Lipinski definition) is 1. The molecule has 1 heteroatoms. The average molecular weight is 191 g/mol. The molecular formula is C13H21N. The zero-order valence-corrected chi connectivity index (χ0v) is 9.80. The van der Waals surface area contributed by atoms with Crippen molar-refractivity contribution in [3.05, 3.63) is 34.9 Å². The molecule has 0 aliphatic heterocycles. The highest BCUT2D eigenvalue weighted by Crippen LogP contribution is 2.14. The highest BCUT2D eigenvalue weighted by atomic mass is 15.0. The molecule has 0 unspecified atom stereocenters. The maximum Gasteiger partial charge on any atom is 0.0227 e. The minimum absolute atomic E-state index is 1.04. The van der Waals surface area contributed by atoms with Gasteiger partial charge < -0.3 is 4.90 Å². The van der Waals surface area contributed by atoms with Gasteiger partial charge in [0.25, 0.3) is 0 Å². The molecule has 0 aliphatic carbocycles. The molecule has 0 radical (unpaired) electrons. The smallest absolute Gasteiger partial charge is 0.0227 e. The molecule has 78 valence electrons. The quantitative estimate of drug-likeness (QED) is 0.707. The zero-order chi connectivity index (χ0) is 10.6. The Bertz CT molecular complexity index is 289. The van der Waals surface area contributed by atoms with E-state index in [4.69, 9.17) is 0 Å². The molecule has 0 heterocycles. The lowest BCUT2D eigenvalue weighted by molar-refractivity contribution is 0.402. The molecule has 0 saturated heterocycles. The first kappa shape index (κ1) is 11.3. The van der Waals surface area contributed by atoms with E-state index in [1.165, 1.54) is 29.5 Å². The molecule has 0 saturated carbocycles. The van der Waals surface area contributed by atoms with E-state index >= 15 is 0 Å². The van der Waals surface area contributed by atoms with Gasteiger partial charge in [-0.2, -0.15) is 0 Å². The number of aryl methyl sites for hydroxylation is 2. The second-order valence-corrected chi connectivity index (χ2v) is 4.25. The third kappa shape index (κ3) is 3.15. The summed E-state index contributed by atoms with van der Waals surface area (Å²) in [5.74, 6) is 0. The van der Waals surface area contributed by atoms with Crippen molar-refractivity contribution in [3.8, 4) is 0 Å². The number of rotatable bonds is 4. The Balaban J connectivity index is 2.83. The lowest BCUT2D eigenvalue weighted by atomic mass is 10.0. The van der Waals surface area contributed by atoms with E-state index in [2.05, 4.69) is 51.0 Å². The molecule has 0 fully saturated rings. The van der Waals surface area contributed by atoms with Crippen LogP contribution in [0.25, 0.3) is 0 Å². The Morgan fingerprint density at radius 1 is 1.21 bits per heavy atom. The molecular weight excluding hydrogens is 170 g/mol. The van der Waals surface area contributed by atoms with Crippen LogP contribution in [0, 0.1) is 6.92 Å². The van der Waals surface area contributed by atoms with E-state index in [-0.39, 0.29) is 0 Å². The van der Waals surface area contributed by atoms with Gasteiger partial charge in [-0.25, -0.2) is 0 Å². The molecule has 1 aromatic rings. The summed E-state index contributed by atoms with van der Waals surface area (Å²) < 4.78 is 0. The predicted molar refractivity (Wildman–Crippen MR) is 62.6 cm³/mol. The SMILES string of the molecule is CCCc1cc(CN(C)C)ccc1C. The lowest BCUT2D eigenvalue weighted by Crippen LogP contribution is -2.10. The van der Waals surface area contributed by atoms with Crippen molar-refractivity contribution in [1.29, 1.82) is 0 Å². The summed E-state index contributed by atoms with van der Waals surface area (Å²) in [4.78, 5) is 2.21. The van der Waals surface area contributed by atoms with Gasteiger partial charge in [0.05, 0.1) is 0 Å². The van der Waals surface area contributed by atoms with Crippen LogP contribution in [0.5, 0.6) is 0 Å². The first-order valence-electron chi connectivity index (χ1n) is 5.36. The summed E-state index contributed by atoms with van der Waals surface area (Å²) in [6.45, 7) is 5.47. The van der Waals surface area contributed by atoms with Crippen LogP contribution in [0.4, 0.5) is 0 Å². The van der Waals surface area contributed by atoms with Crippen LogP contribution >= 0.6 is 0 Å². The fraction of sp³-hybridized carbons (Fsp3) is 0.538. The van der Waals surface area contributed by atoms with Gasteiger partial charge in [-0.05, 0) is 44.1 Å². The van der Waals surface area contributed by atoms with Gasteiger partial charge >= 0.3 is 0 Å². The molecule has 0 spiro atoms. The summed E-state index contributed by atoms with van der Waals surface area (Å²) in [7, 11) is 4.22. The Morgan fingerprint density at radius 2 is 1.93 bits per heavy atom. The first-order chi connectivity index (χ1) is 6.63. The van der Waals surface area contributed by atoms with Crippen LogP contribution in [0.3, 0.4) is 0 Å². The van der Waals surface area contributed by atoms with Crippen LogP contribution in [0.15, 0.2) is 18.2 Å². The minimum atomic E-state index is 1.04. The monoisotopic (exact) mass is 191 g/mol. The highest BCUT2D eigenvalue weighted by molar-refractivity contribution is 5.31. The second kappa shape index (κ2) is 5.16. The predicted octanol–water partition coefficient (Wildman–Crippen LogP) is 3.01. The molecule has 14 heavy (non-hydrogen) atoms. The molecule has 1 rings (SSSR count). The van der Waals surface area contributed by atoms with E-state index in [0.29, 0.717) is 0 Å². The van der Waals surface area contributed by atoms with Crippen molar-refractivity contribution in [3.63, 3.8) is 0 Å². The van der Waals surface area contributed by atoms with Crippen molar-refractivity contribution >= 4 is 0 Å². The molecule has 0 bridgehead atoms. The van der Waals surface area contributed by atoms with Crippen molar-refractivity contribution < 1.29 is 0 Å². The maximum atomic E-state index is 2.35. The summed E-state index contributed by atoms with van der Waals surface area (Å²) >= 11 is 0. The van der Waals surface area contributed by atoms with Gasteiger partial charge in [-0.3, -0.25) is 0 Å². The molecule has 0 amide bonds. The summed E-state index contributed by atoms with van der Waals surface area (Å²) in [6.07, 6.45) is 2.43. The lowest BCUT2D eigenvalue weighted by Gasteiger charge is -2.12. The molecule has 0 aromatic heterocycles. The second-order valence-electron chi connectivity index (χ2n) is 4.25. The van der Waals surface area contributed by atoms with E-state index < -0.39 is 0 Å². The Kier molecular flexibility index (Phi) is 4.15. The molecule has 1 nitrogen and oxygen atoms in total. The highest BCUT2D eigenvalue weighted by Gasteiger charge is 2.00. The van der Waals surface area contributed by atoms with Crippen molar-refractivity contribution in [2.75, 3.05) is 14.1 Å². The van der Waals surface area contributed by atoms with Gasteiger partial charge in [0.2, 0.25) is 0 Å². The summed E-state index contributed by atoms with van der Waals surface area (Å²) in [5.41, 5.74) is 4.35. The Morgan fingerprint density at radius 3 is 2.50 bits per heavy atom. The van der Waals surface area contributed by atoms with E-state index in [1.54, 1.807) is 0 Å². The van der Waals surface area contributed by atoms with E-state index in [0.717, 1.165) is 6.54 Å². The molecule has 0 N–H and O–H groups in total. The largest absolute Gasteiger partial charge is 0.305 e. The van der Waals surface area contributed by atoms with Crippen LogP contribution in [-0.2, 0) is 13.0 Å². The van der Waals surface area contributed by atoms with E-state index in [9.17, 15) is 0 Å². The number of nitrogens with zero attached hydrogens (tertiary/aromatic N) is 1. The van der Waals surface area contributed by atoms with Gasteiger partial charge in [0.1, 0.15) is 0 Å². The van der Waals surface area contributed by atoms with Gasteiger partial charge in [0, 0.05) is 6.54 Å². The fourth-order valence-corrected chi connectivity index (χ4v) is 1.73. The van der Waals surface area contributed by atoms with E-state index in [1.807, 2.05) is 0 Å². The third-order valence-electron chi connectivity index (χ3n) is 2.43. The van der Waals surface area contributed by atoms with Gasteiger partial charge in [-0.1, -0.05) is 31.5 Å². The molecule has 0 aliphatic rings. The van der Waals surface area contributed by atoms with Gasteiger partial charge in [0.15, 0.2) is 0 Å². The van der Waals surface area contributed by atoms with Crippen LogP contribution < -0.4 is 0 Å². The first-order valence-corrected chi connectivity index (χ1v) is 5.36. The zero-order valence-electron chi connectivity index (χ0n) is 9.80. The molecule has 1 aromatic carbocycles. The van der Waals surface area contributed by atoms with Crippen molar-refractivity contribution in [2.45, 2.75) is 33.2 Å². The standard InChI is InChI=1S/C13H21N/c1-5-6-13-9-12(10-14(3)4)8-7-11(13)2/h7-9H,5-6,10H2,1-4H3. The third-order valence-corrected chi connectivity index (χ3v) is 2.43. The summed E-state index contributed by atoms with van der Waals surface area (Å²) in [6, 6.07) is 6.82. The van der Waals surface area contributed by atoms with Gasteiger partial charge in [-0.15, -0.1) is 0 Å².